The van der Waals surface area contributed by atoms with E-state index in [2.05, 4.69) is 58.2 Å². The third kappa shape index (κ3) is 2.55. The molecule has 0 spiro atoms. The lowest BCUT2D eigenvalue weighted by molar-refractivity contribution is 0.385. The Morgan fingerprint density at radius 3 is 2.74 bits per heavy atom. The van der Waals surface area contributed by atoms with E-state index in [1.54, 1.807) is 0 Å². The molecule has 2 aliphatic heterocycles. The third-order valence-corrected chi connectivity index (χ3v) is 5.22. The smallest absolute Gasteiger partial charge is 0.0407 e. The molecule has 1 fully saturated rings. The quantitative estimate of drug-likeness (QED) is 0.848. The van der Waals surface area contributed by atoms with Crippen LogP contribution in [-0.4, -0.2) is 25.7 Å². The molecule has 0 saturated carbocycles. The van der Waals surface area contributed by atoms with Crippen molar-refractivity contribution >= 4 is 21.6 Å². The van der Waals surface area contributed by atoms with E-state index in [0.717, 1.165) is 19.1 Å². The Kier molecular flexibility index (Phi) is 3.61. The molecule has 0 bridgehead atoms. The maximum absolute atomic E-state index is 3.63. The normalized spacial score (nSPS) is 23.2. The number of hydrogen-bond acceptors (Lipinski definition) is 2. The molecule has 0 atom stereocenters. The third-order valence-electron chi connectivity index (χ3n) is 4.72. The zero-order chi connectivity index (χ0) is 13.5. The van der Waals surface area contributed by atoms with E-state index < -0.39 is 0 Å². The highest BCUT2D eigenvalue weighted by Gasteiger charge is 2.34. The number of halogens is 1. The Balaban J connectivity index is 1.97. The van der Waals surface area contributed by atoms with Gasteiger partial charge in [-0.05, 0) is 61.5 Å². The Morgan fingerprint density at radius 1 is 1.26 bits per heavy atom. The Labute approximate surface area is 124 Å². The summed E-state index contributed by atoms with van der Waals surface area (Å²) in [5, 5.41) is 3.47. The topological polar surface area (TPSA) is 15.3 Å². The first-order valence-corrected chi connectivity index (χ1v) is 8.15. The summed E-state index contributed by atoms with van der Waals surface area (Å²) in [7, 11) is 0. The van der Waals surface area contributed by atoms with Crippen LogP contribution in [0.1, 0.15) is 38.7 Å². The van der Waals surface area contributed by atoms with Crippen LogP contribution in [0.4, 0.5) is 5.69 Å². The van der Waals surface area contributed by atoms with Gasteiger partial charge in [-0.3, -0.25) is 0 Å². The summed E-state index contributed by atoms with van der Waals surface area (Å²) in [6.45, 7) is 8.27. The monoisotopic (exact) mass is 322 g/mol. The largest absolute Gasteiger partial charge is 0.368 e. The van der Waals surface area contributed by atoms with E-state index in [-0.39, 0.29) is 0 Å². The van der Waals surface area contributed by atoms with Crippen molar-refractivity contribution in [2.45, 2.75) is 44.6 Å². The summed E-state index contributed by atoms with van der Waals surface area (Å²) in [6.07, 6.45) is 3.80. The van der Waals surface area contributed by atoms with E-state index in [1.807, 2.05) is 0 Å². The Hall–Kier alpha value is -0.540. The minimum atomic E-state index is 0.294. The molecule has 0 radical (unpaired) electrons. The maximum Gasteiger partial charge on any atom is 0.0407 e. The van der Waals surface area contributed by atoms with Gasteiger partial charge in [0.2, 0.25) is 0 Å². The van der Waals surface area contributed by atoms with Crippen molar-refractivity contribution in [2.24, 2.45) is 0 Å². The molecule has 104 valence electrons. The predicted molar refractivity (Wildman–Crippen MR) is 85.0 cm³/mol. The van der Waals surface area contributed by atoms with Crippen molar-refractivity contribution in [1.82, 2.24) is 5.32 Å². The standard InChI is InChI=1S/C16H23BrN2/c1-16(2)7-10-19(13-5-8-18-9-6-13)15-4-3-12(17)11-14(15)16/h3-4,11,13,18H,5-10H2,1-2H3. The zero-order valence-corrected chi connectivity index (χ0v) is 13.5. The fraction of sp³-hybridized carbons (Fsp3) is 0.625. The molecule has 2 aliphatic rings. The molecule has 0 aromatic heterocycles. The van der Waals surface area contributed by atoms with Crippen molar-refractivity contribution in [3.8, 4) is 0 Å². The van der Waals surface area contributed by atoms with Crippen LogP contribution in [0.5, 0.6) is 0 Å². The highest BCUT2D eigenvalue weighted by molar-refractivity contribution is 9.10. The van der Waals surface area contributed by atoms with E-state index in [4.69, 9.17) is 0 Å². The maximum atomic E-state index is 3.63. The summed E-state index contributed by atoms with van der Waals surface area (Å²) in [6, 6.07) is 7.54. The summed E-state index contributed by atoms with van der Waals surface area (Å²) in [5.41, 5.74) is 3.26. The van der Waals surface area contributed by atoms with Gasteiger partial charge >= 0.3 is 0 Å². The van der Waals surface area contributed by atoms with Crippen LogP contribution >= 0.6 is 15.9 Å². The Morgan fingerprint density at radius 2 is 2.00 bits per heavy atom. The molecular formula is C16H23BrN2. The van der Waals surface area contributed by atoms with E-state index >= 15 is 0 Å². The second-order valence-corrected chi connectivity index (χ2v) is 7.39. The van der Waals surface area contributed by atoms with Gasteiger partial charge in [0, 0.05) is 22.7 Å². The number of nitrogens with one attached hydrogen (secondary N) is 1. The number of rotatable bonds is 1. The van der Waals surface area contributed by atoms with Crippen molar-refractivity contribution in [3.63, 3.8) is 0 Å². The molecule has 1 aromatic carbocycles. The van der Waals surface area contributed by atoms with Crippen molar-refractivity contribution in [1.29, 1.82) is 0 Å². The van der Waals surface area contributed by atoms with Crippen molar-refractivity contribution < 1.29 is 0 Å². The molecule has 1 N–H and O–H groups in total. The van der Waals surface area contributed by atoms with Gasteiger partial charge < -0.3 is 10.2 Å². The lowest BCUT2D eigenvalue weighted by atomic mass is 9.77. The van der Waals surface area contributed by atoms with Crippen LogP contribution in [0.2, 0.25) is 0 Å². The lowest BCUT2D eigenvalue weighted by Crippen LogP contribution is -2.47. The van der Waals surface area contributed by atoms with Crippen LogP contribution in [-0.2, 0) is 5.41 Å². The summed E-state index contributed by atoms with van der Waals surface area (Å²) < 4.78 is 1.20. The average molecular weight is 323 g/mol. The first-order chi connectivity index (χ1) is 9.08. The molecule has 2 nitrogen and oxygen atoms in total. The first-order valence-electron chi connectivity index (χ1n) is 7.35. The molecule has 1 saturated heterocycles. The lowest BCUT2D eigenvalue weighted by Gasteiger charge is -2.45. The SMILES string of the molecule is CC1(C)CCN(C2CCNCC2)c2ccc(Br)cc21. The minimum absolute atomic E-state index is 0.294. The minimum Gasteiger partial charge on any atom is -0.368 e. The first kappa shape index (κ1) is 13.4. The molecule has 0 aliphatic carbocycles. The van der Waals surface area contributed by atoms with Gasteiger partial charge in [-0.25, -0.2) is 0 Å². The van der Waals surface area contributed by atoms with Gasteiger partial charge in [0.1, 0.15) is 0 Å². The second-order valence-electron chi connectivity index (χ2n) is 6.47. The highest BCUT2D eigenvalue weighted by Crippen LogP contribution is 2.42. The number of piperidine rings is 1. The molecule has 3 rings (SSSR count). The Bertz CT molecular complexity index is 464. The zero-order valence-electron chi connectivity index (χ0n) is 11.9. The van der Waals surface area contributed by atoms with Gasteiger partial charge in [-0.2, -0.15) is 0 Å². The van der Waals surface area contributed by atoms with Gasteiger partial charge in [0.25, 0.3) is 0 Å². The van der Waals surface area contributed by atoms with Crippen LogP contribution in [0, 0.1) is 0 Å². The van der Waals surface area contributed by atoms with Gasteiger partial charge in [0.05, 0.1) is 0 Å². The summed E-state index contributed by atoms with van der Waals surface area (Å²) >= 11 is 3.63. The van der Waals surface area contributed by atoms with Crippen molar-refractivity contribution in [2.75, 3.05) is 24.5 Å². The number of hydrogen-bond donors (Lipinski definition) is 1. The number of anilines is 1. The van der Waals surface area contributed by atoms with E-state index in [1.165, 1.54) is 41.5 Å². The van der Waals surface area contributed by atoms with E-state index in [9.17, 15) is 0 Å². The van der Waals surface area contributed by atoms with Crippen LogP contribution < -0.4 is 10.2 Å². The van der Waals surface area contributed by atoms with Gasteiger partial charge in [-0.15, -0.1) is 0 Å². The summed E-state index contributed by atoms with van der Waals surface area (Å²) in [5.74, 6) is 0. The number of fused-ring (bicyclic) bond motifs is 1. The van der Waals surface area contributed by atoms with Crippen LogP contribution in [0.3, 0.4) is 0 Å². The van der Waals surface area contributed by atoms with Crippen LogP contribution in [0.25, 0.3) is 0 Å². The molecule has 0 amide bonds. The molecule has 1 aromatic rings. The second kappa shape index (κ2) is 5.10. The van der Waals surface area contributed by atoms with Gasteiger partial charge in [-0.1, -0.05) is 29.8 Å². The number of benzene rings is 1. The number of nitrogens with zero attached hydrogens (tertiary/aromatic N) is 1. The highest BCUT2D eigenvalue weighted by atomic mass is 79.9. The average Bonchev–Trinajstić information content (AvgIpc) is 2.41. The molecule has 19 heavy (non-hydrogen) atoms. The molecular weight excluding hydrogens is 300 g/mol. The van der Waals surface area contributed by atoms with Crippen LogP contribution in [0.15, 0.2) is 22.7 Å². The fourth-order valence-corrected chi connectivity index (χ4v) is 3.81. The van der Waals surface area contributed by atoms with Gasteiger partial charge in [0.15, 0.2) is 0 Å². The van der Waals surface area contributed by atoms with E-state index in [0.29, 0.717) is 5.41 Å². The molecule has 2 heterocycles. The fourth-order valence-electron chi connectivity index (χ4n) is 3.45. The molecule has 0 unspecified atom stereocenters. The van der Waals surface area contributed by atoms with Crippen molar-refractivity contribution in [3.05, 3.63) is 28.2 Å². The predicted octanol–water partition coefficient (Wildman–Crippen LogP) is 3.69. The summed E-state index contributed by atoms with van der Waals surface area (Å²) in [4.78, 5) is 2.66. The molecule has 3 heteroatoms.